The number of hydrogen-bond acceptors (Lipinski definition) is 0. The fourth-order valence-corrected chi connectivity index (χ4v) is 2.69. The van der Waals surface area contributed by atoms with Crippen LogP contribution in [0.15, 0.2) is 42.0 Å². The van der Waals surface area contributed by atoms with Crippen molar-refractivity contribution in [3.05, 3.63) is 53.1 Å². The second-order valence-corrected chi connectivity index (χ2v) is 7.96. The Balaban J connectivity index is 2.22. The summed E-state index contributed by atoms with van der Waals surface area (Å²) < 4.78 is 0. The van der Waals surface area contributed by atoms with Gasteiger partial charge in [-0.3, -0.25) is 0 Å². The molecule has 0 radical (unpaired) electrons. The molecule has 0 spiro atoms. The first-order valence-corrected chi connectivity index (χ1v) is 7.69. The van der Waals surface area contributed by atoms with Gasteiger partial charge in [0, 0.05) is 0 Å². The van der Waals surface area contributed by atoms with Gasteiger partial charge in [-0.1, -0.05) is 83.5 Å². The van der Waals surface area contributed by atoms with Crippen molar-refractivity contribution in [2.75, 3.05) is 0 Å². The van der Waals surface area contributed by atoms with E-state index in [2.05, 4.69) is 78.0 Å². The van der Waals surface area contributed by atoms with Gasteiger partial charge in [0.05, 0.1) is 0 Å². The van der Waals surface area contributed by atoms with Crippen molar-refractivity contribution < 1.29 is 0 Å². The number of rotatable bonds is 1. The Hall–Kier alpha value is -1.30. The second-order valence-electron chi connectivity index (χ2n) is 7.96. The van der Waals surface area contributed by atoms with Crippen LogP contribution in [0.25, 0.3) is 5.57 Å². The maximum absolute atomic E-state index is 2.33. The van der Waals surface area contributed by atoms with Crippen LogP contribution >= 0.6 is 0 Å². The molecule has 0 bridgehead atoms. The molecular formula is C20H28. The van der Waals surface area contributed by atoms with E-state index >= 15 is 0 Å². The van der Waals surface area contributed by atoms with Gasteiger partial charge in [0.15, 0.2) is 0 Å². The van der Waals surface area contributed by atoms with Crippen LogP contribution in [0, 0.1) is 5.41 Å². The van der Waals surface area contributed by atoms with Crippen molar-refractivity contribution in [2.45, 2.75) is 59.8 Å². The van der Waals surface area contributed by atoms with E-state index in [0.29, 0.717) is 5.41 Å². The molecule has 0 fully saturated rings. The molecular weight excluding hydrogens is 240 g/mol. The van der Waals surface area contributed by atoms with E-state index < -0.39 is 0 Å². The van der Waals surface area contributed by atoms with Gasteiger partial charge < -0.3 is 0 Å². The molecule has 1 aliphatic rings. The molecule has 0 amide bonds. The van der Waals surface area contributed by atoms with E-state index in [1.165, 1.54) is 23.1 Å². The van der Waals surface area contributed by atoms with Gasteiger partial charge in [0.2, 0.25) is 0 Å². The van der Waals surface area contributed by atoms with Crippen molar-refractivity contribution in [2.24, 2.45) is 5.41 Å². The van der Waals surface area contributed by atoms with Gasteiger partial charge in [-0.05, 0) is 40.4 Å². The smallest absolute Gasteiger partial charge is 0.0132 e. The highest BCUT2D eigenvalue weighted by Crippen LogP contribution is 2.36. The lowest BCUT2D eigenvalue weighted by Gasteiger charge is -2.26. The summed E-state index contributed by atoms with van der Waals surface area (Å²) in [6.45, 7) is 13.7. The monoisotopic (exact) mass is 268 g/mol. The average Bonchev–Trinajstić information content (AvgIpc) is 2.37. The van der Waals surface area contributed by atoms with Crippen LogP contribution in [0.1, 0.15) is 65.5 Å². The minimum absolute atomic E-state index is 0.235. The first kappa shape index (κ1) is 15.1. The molecule has 0 aromatic heterocycles. The van der Waals surface area contributed by atoms with Gasteiger partial charge in [-0.2, -0.15) is 0 Å². The highest BCUT2D eigenvalue weighted by atomic mass is 14.2. The van der Waals surface area contributed by atoms with Crippen molar-refractivity contribution in [3.63, 3.8) is 0 Å². The highest BCUT2D eigenvalue weighted by Gasteiger charge is 2.19. The summed E-state index contributed by atoms with van der Waals surface area (Å²) in [5, 5.41) is 0. The maximum atomic E-state index is 2.33. The number of benzene rings is 1. The number of allylic oxidation sites excluding steroid dienone is 4. The molecule has 0 heteroatoms. The molecule has 0 heterocycles. The first-order valence-electron chi connectivity index (χ1n) is 7.69. The Bertz CT molecular complexity index is 525. The average molecular weight is 268 g/mol. The highest BCUT2D eigenvalue weighted by molar-refractivity contribution is 5.69. The van der Waals surface area contributed by atoms with Crippen LogP contribution < -0.4 is 0 Å². The minimum Gasteiger partial charge on any atom is -0.0645 e. The minimum atomic E-state index is 0.235. The first-order chi connectivity index (χ1) is 9.18. The standard InChI is InChI=1S/C20H28/c1-19(2,3)17-11-7-15(8-12-17)16-9-13-18(14-10-16)20(4,5)6/h7-9,11-13H,10,14H2,1-6H3. The summed E-state index contributed by atoms with van der Waals surface area (Å²) in [4.78, 5) is 0. The van der Waals surface area contributed by atoms with Crippen LogP contribution in [0.2, 0.25) is 0 Å². The molecule has 0 aliphatic heterocycles. The van der Waals surface area contributed by atoms with Gasteiger partial charge in [-0.25, -0.2) is 0 Å². The molecule has 1 aliphatic carbocycles. The van der Waals surface area contributed by atoms with Gasteiger partial charge in [0.25, 0.3) is 0 Å². The lowest BCUT2D eigenvalue weighted by atomic mass is 9.79. The van der Waals surface area contributed by atoms with Crippen LogP contribution in [-0.2, 0) is 5.41 Å². The molecule has 1 aromatic carbocycles. The Morgan fingerprint density at radius 3 is 1.70 bits per heavy atom. The normalized spacial score (nSPS) is 16.7. The molecule has 0 saturated heterocycles. The third-order valence-electron chi connectivity index (χ3n) is 4.23. The summed E-state index contributed by atoms with van der Waals surface area (Å²) in [6.07, 6.45) is 7.00. The van der Waals surface area contributed by atoms with Crippen LogP contribution in [0.4, 0.5) is 0 Å². The Morgan fingerprint density at radius 1 is 0.700 bits per heavy atom. The topological polar surface area (TPSA) is 0 Å². The van der Waals surface area contributed by atoms with Crippen LogP contribution in [-0.4, -0.2) is 0 Å². The van der Waals surface area contributed by atoms with Gasteiger partial charge in [0.1, 0.15) is 0 Å². The largest absolute Gasteiger partial charge is 0.0645 e. The predicted molar refractivity (Wildman–Crippen MR) is 89.9 cm³/mol. The van der Waals surface area contributed by atoms with Crippen molar-refractivity contribution in [1.82, 2.24) is 0 Å². The van der Waals surface area contributed by atoms with Crippen LogP contribution in [0.5, 0.6) is 0 Å². The van der Waals surface area contributed by atoms with E-state index in [1.54, 1.807) is 5.57 Å². The van der Waals surface area contributed by atoms with Gasteiger partial charge in [-0.15, -0.1) is 0 Å². The predicted octanol–water partition coefficient (Wildman–Crippen LogP) is 6.13. The summed E-state index contributed by atoms with van der Waals surface area (Å²) in [7, 11) is 0. The fraction of sp³-hybridized carbons (Fsp3) is 0.500. The SMILES string of the molecule is CC(C)(C)C1=CC=C(c2ccc(C(C)(C)C)cc2)CC1. The fourth-order valence-electron chi connectivity index (χ4n) is 2.69. The van der Waals surface area contributed by atoms with E-state index in [-0.39, 0.29) is 5.41 Å². The van der Waals surface area contributed by atoms with Gasteiger partial charge >= 0.3 is 0 Å². The van der Waals surface area contributed by atoms with Crippen molar-refractivity contribution in [1.29, 1.82) is 0 Å². The van der Waals surface area contributed by atoms with Crippen LogP contribution in [0.3, 0.4) is 0 Å². The zero-order chi connectivity index (χ0) is 15.0. The summed E-state index contributed by atoms with van der Waals surface area (Å²) in [6, 6.07) is 9.11. The van der Waals surface area contributed by atoms with E-state index in [1.807, 2.05) is 0 Å². The molecule has 0 saturated carbocycles. The molecule has 20 heavy (non-hydrogen) atoms. The lowest BCUT2D eigenvalue weighted by Crippen LogP contribution is -2.12. The third-order valence-corrected chi connectivity index (χ3v) is 4.23. The lowest BCUT2D eigenvalue weighted by molar-refractivity contribution is 0.482. The Kier molecular flexibility index (Phi) is 3.95. The molecule has 0 unspecified atom stereocenters. The molecule has 0 N–H and O–H groups in total. The zero-order valence-electron chi connectivity index (χ0n) is 13.9. The second kappa shape index (κ2) is 5.24. The Morgan fingerprint density at radius 2 is 1.30 bits per heavy atom. The summed E-state index contributed by atoms with van der Waals surface area (Å²) in [5.74, 6) is 0. The van der Waals surface area contributed by atoms with E-state index in [4.69, 9.17) is 0 Å². The maximum Gasteiger partial charge on any atom is -0.0132 e. The quantitative estimate of drug-likeness (QED) is 0.574. The Labute approximate surface area is 124 Å². The summed E-state index contributed by atoms with van der Waals surface area (Å²) in [5.41, 5.74) is 6.36. The zero-order valence-corrected chi connectivity index (χ0v) is 13.9. The van der Waals surface area contributed by atoms with E-state index in [0.717, 1.165) is 6.42 Å². The molecule has 0 nitrogen and oxygen atoms in total. The van der Waals surface area contributed by atoms with Crippen molar-refractivity contribution in [3.8, 4) is 0 Å². The molecule has 0 atom stereocenters. The molecule has 1 aromatic rings. The van der Waals surface area contributed by atoms with Crippen molar-refractivity contribution >= 4 is 5.57 Å². The molecule has 2 rings (SSSR count). The number of hydrogen-bond donors (Lipinski definition) is 0. The third kappa shape index (κ3) is 3.42. The molecule has 108 valence electrons. The van der Waals surface area contributed by atoms with E-state index in [9.17, 15) is 0 Å². The summed E-state index contributed by atoms with van der Waals surface area (Å²) >= 11 is 0.